The Kier molecular flexibility index (Phi) is 6.58. The van der Waals surface area contributed by atoms with Crippen LogP contribution in [0.3, 0.4) is 0 Å². The highest BCUT2D eigenvalue weighted by atomic mass is 32.1. The van der Waals surface area contributed by atoms with Gasteiger partial charge in [-0.05, 0) is 26.0 Å². The van der Waals surface area contributed by atoms with E-state index >= 15 is 0 Å². The van der Waals surface area contributed by atoms with Gasteiger partial charge in [0.2, 0.25) is 0 Å². The van der Waals surface area contributed by atoms with Gasteiger partial charge in [0.05, 0.1) is 22.0 Å². The van der Waals surface area contributed by atoms with E-state index in [9.17, 15) is 9.59 Å². The van der Waals surface area contributed by atoms with E-state index in [1.165, 1.54) is 22.7 Å². The van der Waals surface area contributed by atoms with E-state index in [2.05, 4.69) is 20.8 Å². The maximum atomic E-state index is 12.7. The average Bonchev–Trinajstić information content (AvgIpc) is 3.42. The second kappa shape index (κ2) is 9.71. The molecule has 0 fully saturated rings. The Morgan fingerprint density at radius 1 is 0.938 bits per heavy atom. The molecule has 162 valence electrons. The summed E-state index contributed by atoms with van der Waals surface area (Å²) in [7, 11) is 0. The lowest BCUT2D eigenvalue weighted by Gasteiger charge is -2.11. The summed E-state index contributed by atoms with van der Waals surface area (Å²) in [4.78, 5) is 34.6. The van der Waals surface area contributed by atoms with Gasteiger partial charge in [0.25, 0.3) is 11.8 Å². The van der Waals surface area contributed by atoms with Gasteiger partial charge in [-0.25, -0.2) is 9.97 Å². The monoisotopic (exact) mass is 464 g/mol. The van der Waals surface area contributed by atoms with Gasteiger partial charge in [0.1, 0.15) is 22.2 Å². The van der Waals surface area contributed by atoms with Crippen molar-refractivity contribution in [3.63, 3.8) is 0 Å². The van der Waals surface area contributed by atoms with Gasteiger partial charge >= 0.3 is 0 Å². The molecular formula is C23H20N4O3S2. The van der Waals surface area contributed by atoms with Crippen molar-refractivity contribution in [3.8, 4) is 16.3 Å². The number of nitrogens with zero attached hydrogens (tertiary/aromatic N) is 2. The molecule has 0 unspecified atom stereocenters. The normalized spacial score (nSPS) is 10.6. The fourth-order valence-corrected chi connectivity index (χ4v) is 4.52. The molecule has 0 aliphatic heterocycles. The molecule has 0 saturated heterocycles. The number of para-hydroxylation sites is 1. The number of carbonyl (C=O) groups is 2. The summed E-state index contributed by atoms with van der Waals surface area (Å²) in [6.45, 7) is 3.94. The highest BCUT2D eigenvalue weighted by Gasteiger charge is 2.18. The third-order valence-electron chi connectivity index (χ3n) is 4.49. The van der Waals surface area contributed by atoms with Gasteiger partial charge in [0, 0.05) is 10.9 Å². The lowest BCUT2D eigenvalue weighted by molar-refractivity contribution is 0.0845. The van der Waals surface area contributed by atoms with Crippen LogP contribution in [0.25, 0.3) is 10.6 Å². The molecule has 0 aliphatic carbocycles. The highest BCUT2D eigenvalue weighted by Crippen LogP contribution is 2.27. The summed E-state index contributed by atoms with van der Waals surface area (Å²) < 4.78 is 5.78. The quantitative estimate of drug-likeness (QED) is 0.409. The Morgan fingerprint density at radius 3 is 2.41 bits per heavy atom. The summed E-state index contributed by atoms with van der Waals surface area (Å²) in [5.41, 5.74) is 7.58. The Balaban J connectivity index is 1.41. The van der Waals surface area contributed by atoms with E-state index in [0.29, 0.717) is 21.9 Å². The number of hydrazine groups is 1. The number of carbonyl (C=O) groups excluding carboxylic acids is 2. The zero-order valence-electron chi connectivity index (χ0n) is 17.4. The number of amides is 2. The van der Waals surface area contributed by atoms with E-state index in [4.69, 9.17) is 4.74 Å². The maximum Gasteiger partial charge on any atom is 0.281 e. The minimum atomic E-state index is -0.478. The summed E-state index contributed by atoms with van der Waals surface area (Å²) >= 11 is 2.81. The number of aromatic nitrogens is 2. The van der Waals surface area contributed by atoms with Crippen LogP contribution in [-0.4, -0.2) is 21.8 Å². The lowest BCUT2D eigenvalue weighted by atomic mass is 10.2. The Labute approximate surface area is 193 Å². The zero-order valence-corrected chi connectivity index (χ0v) is 19.0. The van der Waals surface area contributed by atoms with Crippen molar-refractivity contribution < 1.29 is 14.3 Å². The fourth-order valence-electron chi connectivity index (χ4n) is 2.96. The molecule has 2 heterocycles. The molecule has 0 atom stereocenters. The van der Waals surface area contributed by atoms with Gasteiger partial charge in [0.15, 0.2) is 0 Å². The van der Waals surface area contributed by atoms with Crippen LogP contribution < -0.4 is 15.6 Å². The van der Waals surface area contributed by atoms with E-state index in [-0.39, 0.29) is 6.61 Å². The van der Waals surface area contributed by atoms with Crippen molar-refractivity contribution in [3.05, 3.63) is 86.8 Å². The van der Waals surface area contributed by atoms with Crippen LogP contribution >= 0.6 is 22.7 Å². The van der Waals surface area contributed by atoms with E-state index in [1.807, 2.05) is 42.6 Å². The third-order valence-corrected chi connectivity index (χ3v) is 6.51. The first-order valence-electron chi connectivity index (χ1n) is 9.77. The van der Waals surface area contributed by atoms with Crippen LogP contribution in [0.1, 0.15) is 36.4 Å². The van der Waals surface area contributed by atoms with E-state index in [0.717, 1.165) is 21.3 Å². The largest absolute Gasteiger partial charge is 0.486 e. The standard InChI is InChI=1S/C23H20N4O3S2/c1-14-20(32-23(24-14)16-8-4-3-5-9-16)22(29)27-26-21(28)18-10-6-7-11-19(18)30-12-17-13-31-15(2)25-17/h3-11,13H,12H2,1-2H3,(H,26,28)(H,27,29). The minimum Gasteiger partial charge on any atom is -0.486 e. The Hall–Kier alpha value is -3.56. The molecule has 0 radical (unpaired) electrons. The second-order valence-electron chi connectivity index (χ2n) is 6.85. The predicted octanol–water partition coefficient (Wildman–Crippen LogP) is 4.54. The highest BCUT2D eigenvalue weighted by molar-refractivity contribution is 7.17. The van der Waals surface area contributed by atoms with Crippen LogP contribution in [0.5, 0.6) is 5.75 Å². The van der Waals surface area contributed by atoms with Crippen LogP contribution in [0.4, 0.5) is 0 Å². The molecule has 2 N–H and O–H groups in total. The van der Waals surface area contributed by atoms with Crippen molar-refractivity contribution in [2.45, 2.75) is 20.5 Å². The number of thiazole rings is 2. The van der Waals surface area contributed by atoms with Crippen molar-refractivity contribution in [2.75, 3.05) is 0 Å². The van der Waals surface area contributed by atoms with Crippen LogP contribution in [0, 0.1) is 13.8 Å². The number of rotatable bonds is 6. The molecule has 0 bridgehead atoms. The van der Waals surface area contributed by atoms with Crippen LogP contribution in [0.2, 0.25) is 0 Å². The molecule has 2 aromatic heterocycles. The average molecular weight is 465 g/mol. The molecule has 4 rings (SSSR count). The zero-order chi connectivity index (χ0) is 22.5. The lowest BCUT2D eigenvalue weighted by Crippen LogP contribution is -2.41. The minimum absolute atomic E-state index is 0.253. The topological polar surface area (TPSA) is 93.2 Å². The Bertz CT molecular complexity index is 1250. The number of nitrogens with one attached hydrogen (secondary N) is 2. The molecule has 4 aromatic rings. The molecule has 0 spiro atoms. The van der Waals surface area contributed by atoms with Gasteiger partial charge in [-0.3, -0.25) is 20.4 Å². The van der Waals surface area contributed by atoms with Gasteiger partial charge < -0.3 is 4.74 Å². The smallest absolute Gasteiger partial charge is 0.281 e. The van der Waals surface area contributed by atoms with Gasteiger partial charge in [-0.2, -0.15) is 0 Å². The first kappa shape index (κ1) is 21.7. The van der Waals surface area contributed by atoms with Crippen molar-refractivity contribution in [1.82, 2.24) is 20.8 Å². The number of benzene rings is 2. The Morgan fingerprint density at radius 2 is 1.66 bits per heavy atom. The second-order valence-corrected chi connectivity index (χ2v) is 8.91. The molecular weight excluding hydrogens is 444 g/mol. The summed E-state index contributed by atoms with van der Waals surface area (Å²) in [5, 5.41) is 3.61. The summed E-state index contributed by atoms with van der Waals surface area (Å²) in [6, 6.07) is 16.5. The predicted molar refractivity (Wildman–Crippen MR) is 125 cm³/mol. The summed E-state index contributed by atoms with van der Waals surface area (Å²) in [6.07, 6.45) is 0. The molecule has 7 nitrogen and oxygen atoms in total. The van der Waals surface area contributed by atoms with Gasteiger partial charge in [-0.1, -0.05) is 42.5 Å². The fraction of sp³-hybridized carbons (Fsp3) is 0.130. The van der Waals surface area contributed by atoms with E-state index < -0.39 is 11.8 Å². The molecule has 9 heteroatoms. The number of ether oxygens (including phenoxy) is 1. The van der Waals surface area contributed by atoms with Gasteiger partial charge in [-0.15, -0.1) is 22.7 Å². The first-order valence-corrected chi connectivity index (χ1v) is 11.5. The maximum absolute atomic E-state index is 12.7. The number of aryl methyl sites for hydroxylation is 2. The first-order chi connectivity index (χ1) is 15.5. The number of hydrogen-bond acceptors (Lipinski definition) is 7. The van der Waals surface area contributed by atoms with Crippen molar-refractivity contribution >= 4 is 34.5 Å². The van der Waals surface area contributed by atoms with Crippen LogP contribution in [0.15, 0.2) is 60.0 Å². The molecule has 2 aromatic carbocycles. The molecule has 32 heavy (non-hydrogen) atoms. The molecule has 0 saturated carbocycles. The number of hydrogen-bond donors (Lipinski definition) is 2. The summed E-state index contributed by atoms with van der Waals surface area (Å²) in [5.74, 6) is -0.494. The van der Waals surface area contributed by atoms with E-state index in [1.54, 1.807) is 31.2 Å². The molecule has 2 amide bonds. The third kappa shape index (κ3) is 5.01. The SMILES string of the molecule is Cc1nc(COc2ccccc2C(=O)NNC(=O)c2sc(-c3ccccc3)nc2C)cs1. The van der Waals surface area contributed by atoms with Crippen LogP contribution in [-0.2, 0) is 6.61 Å². The van der Waals surface area contributed by atoms with Crippen molar-refractivity contribution in [1.29, 1.82) is 0 Å². The molecule has 0 aliphatic rings. The van der Waals surface area contributed by atoms with Crippen molar-refractivity contribution in [2.24, 2.45) is 0 Å².